The van der Waals surface area contributed by atoms with E-state index in [1.165, 1.54) is 6.07 Å². The third-order valence-electron chi connectivity index (χ3n) is 5.17. The maximum Gasteiger partial charge on any atom is 0.321 e. The van der Waals surface area contributed by atoms with E-state index in [-0.39, 0.29) is 11.8 Å². The van der Waals surface area contributed by atoms with Crippen LogP contribution in [0.4, 0.5) is 14.9 Å². The number of nitrogens with zero attached hydrogens (tertiary/aromatic N) is 2. The molecule has 0 spiro atoms. The summed E-state index contributed by atoms with van der Waals surface area (Å²) in [5.41, 5.74) is 1.84. The second kappa shape index (κ2) is 6.84. The smallest absolute Gasteiger partial charge is 0.321 e. The van der Waals surface area contributed by atoms with Crippen LogP contribution in [0.25, 0.3) is 0 Å². The number of urea groups is 1. The first-order valence-corrected chi connectivity index (χ1v) is 8.75. The van der Waals surface area contributed by atoms with Gasteiger partial charge in [0.2, 0.25) is 0 Å². The zero-order valence-corrected chi connectivity index (χ0v) is 14.1. The molecule has 2 aromatic rings. The van der Waals surface area contributed by atoms with Gasteiger partial charge in [-0.25, -0.2) is 9.18 Å². The zero-order chi connectivity index (χ0) is 17.2. The Balaban J connectivity index is 1.31. The van der Waals surface area contributed by atoms with Crippen LogP contribution in [0.1, 0.15) is 5.56 Å². The summed E-state index contributed by atoms with van der Waals surface area (Å²) in [4.78, 5) is 16.7. The van der Waals surface area contributed by atoms with E-state index in [4.69, 9.17) is 0 Å². The summed E-state index contributed by atoms with van der Waals surface area (Å²) in [6.07, 6.45) is 0. The van der Waals surface area contributed by atoms with E-state index < -0.39 is 0 Å². The summed E-state index contributed by atoms with van der Waals surface area (Å²) < 4.78 is 13.3. The van der Waals surface area contributed by atoms with Gasteiger partial charge in [0.05, 0.1) is 0 Å². The van der Waals surface area contributed by atoms with Crippen LogP contribution >= 0.6 is 0 Å². The number of benzene rings is 2. The Morgan fingerprint density at radius 2 is 1.72 bits per heavy atom. The zero-order valence-electron chi connectivity index (χ0n) is 14.1. The standard InChI is InChI=1S/C20H22FN3O/c21-18-6-4-5-15(9-18)10-23-11-16-13-24(14-17(16)12-23)20(25)22-19-7-2-1-3-8-19/h1-9,16-17H,10-14H2,(H,22,25)/t16-,17-/m0/s1. The van der Waals surface area contributed by atoms with Gasteiger partial charge in [0, 0.05) is 38.4 Å². The number of halogens is 1. The maximum absolute atomic E-state index is 13.3. The number of rotatable bonds is 3. The normalized spacial score (nSPS) is 22.8. The highest BCUT2D eigenvalue weighted by Crippen LogP contribution is 2.32. The molecule has 4 nitrogen and oxygen atoms in total. The van der Waals surface area contributed by atoms with Gasteiger partial charge in [-0.05, 0) is 41.7 Å². The SMILES string of the molecule is O=C(Nc1ccccc1)N1C[C@@H]2CN(Cc3cccc(F)c3)C[C@H]2C1. The molecule has 25 heavy (non-hydrogen) atoms. The minimum atomic E-state index is -0.180. The molecule has 2 atom stereocenters. The fourth-order valence-electron chi connectivity index (χ4n) is 4.00. The Morgan fingerprint density at radius 3 is 2.40 bits per heavy atom. The summed E-state index contributed by atoms with van der Waals surface area (Å²) in [5, 5.41) is 2.96. The summed E-state index contributed by atoms with van der Waals surface area (Å²) in [5.74, 6) is 0.839. The average molecular weight is 339 g/mol. The fourth-order valence-corrected chi connectivity index (χ4v) is 4.00. The van der Waals surface area contributed by atoms with Crippen LogP contribution in [0.5, 0.6) is 0 Å². The molecule has 2 amide bonds. The summed E-state index contributed by atoms with van der Waals surface area (Å²) >= 11 is 0. The Bertz CT molecular complexity index is 738. The Labute approximate surface area is 147 Å². The van der Waals surface area contributed by atoms with Crippen LogP contribution in [0, 0.1) is 17.7 Å². The van der Waals surface area contributed by atoms with Crippen LogP contribution < -0.4 is 5.32 Å². The summed E-state index contributed by atoms with van der Waals surface area (Å²) in [6.45, 7) is 4.31. The minimum Gasteiger partial charge on any atom is -0.324 e. The van der Waals surface area contributed by atoms with Crippen LogP contribution in [-0.4, -0.2) is 42.0 Å². The van der Waals surface area contributed by atoms with Crippen molar-refractivity contribution in [2.24, 2.45) is 11.8 Å². The molecule has 0 saturated carbocycles. The van der Waals surface area contributed by atoms with Crippen molar-refractivity contribution in [3.63, 3.8) is 0 Å². The van der Waals surface area contributed by atoms with Crippen molar-refractivity contribution in [1.82, 2.24) is 9.80 Å². The Hall–Kier alpha value is -2.40. The number of nitrogens with one attached hydrogen (secondary N) is 1. The molecule has 130 valence electrons. The van der Waals surface area contributed by atoms with Crippen LogP contribution in [-0.2, 0) is 6.54 Å². The van der Waals surface area contributed by atoms with E-state index in [1.54, 1.807) is 12.1 Å². The van der Waals surface area contributed by atoms with Crippen molar-refractivity contribution in [2.75, 3.05) is 31.5 Å². The highest BCUT2D eigenvalue weighted by Gasteiger charge is 2.41. The quantitative estimate of drug-likeness (QED) is 0.930. The van der Waals surface area contributed by atoms with Gasteiger partial charge in [-0.1, -0.05) is 30.3 Å². The number of carbonyl (C=O) groups excluding carboxylic acids is 1. The van der Waals surface area contributed by atoms with E-state index in [1.807, 2.05) is 41.3 Å². The van der Waals surface area contributed by atoms with Crippen LogP contribution in [0.2, 0.25) is 0 Å². The number of hydrogen-bond acceptors (Lipinski definition) is 2. The first kappa shape index (κ1) is 16.1. The number of amides is 2. The highest BCUT2D eigenvalue weighted by atomic mass is 19.1. The molecule has 1 N–H and O–H groups in total. The molecular formula is C20H22FN3O. The summed E-state index contributed by atoms with van der Waals surface area (Å²) in [6, 6.07) is 16.4. The highest BCUT2D eigenvalue weighted by molar-refractivity contribution is 5.89. The van der Waals surface area contributed by atoms with Gasteiger partial charge in [-0.2, -0.15) is 0 Å². The van der Waals surface area contributed by atoms with Gasteiger partial charge >= 0.3 is 6.03 Å². The Morgan fingerprint density at radius 1 is 1.00 bits per heavy atom. The minimum absolute atomic E-state index is 0.0164. The van der Waals surface area contributed by atoms with Crippen molar-refractivity contribution >= 4 is 11.7 Å². The lowest BCUT2D eigenvalue weighted by molar-refractivity contribution is 0.212. The number of fused-ring (bicyclic) bond motifs is 1. The monoisotopic (exact) mass is 339 g/mol. The molecule has 0 unspecified atom stereocenters. The molecule has 2 aromatic carbocycles. The second-order valence-corrected chi connectivity index (χ2v) is 7.05. The van der Waals surface area contributed by atoms with Crippen molar-refractivity contribution in [3.8, 4) is 0 Å². The molecule has 4 rings (SSSR count). The predicted octanol–water partition coefficient (Wildman–Crippen LogP) is 3.42. The van der Waals surface area contributed by atoms with Crippen molar-refractivity contribution in [1.29, 1.82) is 0 Å². The van der Waals surface area contributed by atoms with Crippen LogP contribution in [0.3, 0.4) is 0 Å². The van der Waals surface area contributed by atoms with E-state index >= 15 is 0 Å². The van der Waals surface area contributed by atoms with Crippen molar-refractivity contribution in [2.45, 2.75) is 6.54 Å². The van der Waals surface area contributed by atoms with Crippen LogP contribution in [0.15, 0.2) is 54.6 Å². The lowest BCUT2D eigenvalue weighted by Gasteiger charge is -2.22. The molecule has 5 heteroatoms. The molecule has 2 aliphatic rings. The number of carbonyl (C=O) groups is 1. The average Bonchev–Trinajstić information content (AvgIpc) is 3.14. The molecule has 0 bridgehead atoms. The van der Waals surface area contributed by atoms with Crippen molar-refractivity contribution in [3.05, 3.63) is 66.0 Å². The third kappa shape index (κ3) is 3.66. The molecule has 2 saturated heterocycles. The van der Waals surface area contributed by atoms with E-state index in [0.717, 1.165) is 44.0 Å². The lowest BCUT2D eigenvalue weighted by atomic mass is 10.0. The largest absolute Gasteiger partial charge is 0.324 e. The maximum atomic E-state index is 13.3. The third-order valence-corrected chi connectivity index (χ3v) is 5.17. The van der Waals surface area contributed by atoms with E-state index in [0.29, 0.717) is 11.8 Å². The van der Waals surface area contributed by atoms with E-state index in [9.17, 15) is 9.18 Å². The number of hydrogen-bond donors (Lipinski definition) is 1. The number of anilines is 1. The molecular weight excluding hydrogens is 317 g/mol. The Kier molecular flexibility index (Phi) is 4.40. The first-order chi connectivity index (χ1) is 12.2. The fraction of sp³-hybridized carbons (Fsp3) is 0.350. The number of para-hydroxylation sites is 1. The molecule has 2 fully saturated rings. The molecule has 2 aliphatic heterocycles. The predicted molar refractivity (Wildman–Crippen MR) is 95.7 cm³/mol. The lowest BCUT2D eigenvalue weighted by Crippen LogP contribution is -2.36. The van der Waals surface area contributed by atoms with Gasteiger partial charge in [0.25, 0.3) is 0 Å². The molecule has 0 aliphatic carbocycles. The van der Waals surface area contributed by atoms with Gasteiger partial charge in [0.15, 0.2) is 0 Å². The summed E-state index contributed by atoms with van der Waals surface area (Å²) in [7, 11) is 0. The van der Waals surface area contributed by atoms with Gasteiger partial charge < -0.3 is 10.2 Å². The van der Waals surface area contributed by atoms with Crippen molar-refractivity contribution < 1.29 is 9.18 Å². The van der Waals surface area contributed by atoms with Gasteiger partial charge in [0.1, 0.15) is 5.82 Å². The van der Waals surface area contributed by atoms with Gasteiger partial charge in [-0.15, -0.1) is 0 Å². The number of likely N-dealkylation sites (tertiary alicyclic amines) is 2. The first-order valence-electron chi connectivity index (χ1n) is 8.75. The molecule has 0 aromatic heterocycles. The van der Waals surface area contributed by atoms with E-state index in [2.05, 4.69) is 10.2 Å². The second-order valence-electron chi connectivity index (χ2n) is 7.05. The molecule has 0 radical (unpaired) electrons. The molecule has 2 heterocycles. The topological polar surface area (TPSA) is 35.6 Å². The van der Waals surface area contributed by atoms with Gasteiger partial charge in [-0.3, -0.25) is 4.90 Å².